The Bertz CT molecular complexity index is 497. The molecule has 1 nitrogen and oxygen atoms in total. The lowest BCUT2D eigenvalue weighted by atomic mass is 10.3. The summed E-state index contributed by atoms with van der Waals surface area (Å²) in [5.74, 6) is 0. The van der Waals surface area contributed by atoms with Crippen LogP contribution in [0.5, 0.6) is 0 Å². The monoisotopic (exact) mass is 269 g/mol. The normalized spacial score (nSPS) is 10.4. The quantitative estimate of drug-likeness (QED) is 0.773. The zero-order valence-corrected chi connectivity index (χ0v) is 10.9. The van der Waals surface area contributed by atoms with E-state index in [9.17, 15) is 0 Å². The van der Waals surface area contributed by atoms with Gasteiger partial charge in [-0.2, -0.15) is 0 Å². The Hall–Kier alpha value is -0.700. The van der Waals surface area contributed by atoms with Gasteiger partial charge in [-0.3, -0.25) is 0 Å². The maximum absolute atomic E-state index is 5.94. The minimum Gasteiger partial charge on any atom is -0.249 e. The van der Waals surface area contributed by atoms with Crippen molar-refractivity contribution in [1.29, 1.82) is 0 Å². The third-order valence-corrected chi connectivity index (χ3v) is 3.68. The lowest BCUT2D eigenvalue weighted by Gasteiger charge is -2.02. The van der Waals surface area contributed by atoms with E-state index in [2.05, 4.69) is 4.98 Å². The standard InChI is InChI=1S/C12H9Cl2NS/c1-8-2-5-12(15-7-8)16-9-3-4-10(13)11(14)6-9/h2-7H,1H3. The summed E-state index contributed by atoms with van der Waals surface area (Å²) >= 11 is 13.4. The molecule has 0 N–H and O–H groups in total. The maximum atomic E-state index is 5.94. The largest absolute Gasteiger partial charge is 0.249 e. The highest BCUT2D eigenvalue weighted by atomic mass is 35.5. The van der Waals surface area contributed by atoms with Gasteiger partial charge in [0.1, 0.15) is 5.03 Å². The molecule has 0 fully saturated rings. The molecule has 0 amide bonds. The minimum atomic E-state index is 0.568. The van der Waals surface area contributed by atoms with Crippen LogP contribution in [0.2, 0.25) is 10.0 Å². The molecule has 16 heavy (non-hydrogen) atoms. The summed E-state index contributed by atoms with van der Waals surface area (Å²) in [4.78, 5) is 5.35. The highest BCUT2D eigenvalue weighted by molar-refractivity contribution is 7.99. The van der Waals surface area contributed by atoms with Gasteiger partial charge in [-0.05, 0) is 36.8 Å². The van der Waals surface area contributed by atoms with Crippen LogP contribution in [0.15, 0.2) is 46.5 Å². The molecule has 1 aromatic carbocycles. The Morgan fingerprint density at radius 2 is 1.88 bits per heavy atom. The Labute approximate surface area is 109 Å². The van der Waals surface area contributed by atoms with Crippen molar-refractivity contribution in [2.24, 2.45) is 0 Å². The Morgan fingerprint density at radius 3 is 2.50 bits per heavy atom. The fourth-order valence-electron chi connectivity index (χ4n) is 1.18. The fourth-order valence-corrected chi connectivity index (χ4v) is 2.33. The summed E-state index contributed by atoms with van der Waals surface area (Å²) in [6, 6.07) is 9.59. The second-order valence-electron chi connectivity index (χ2n) is 3.35. The number of aromatic nitrogens is 1. The molecule has 0 saturated heterocycles. The first-order chi connectivity index (χ1) is 7.65. The van der Waals surface area contributed by atoms with Crippen molar-refractivity contribution in [3.8, 4) is 0 Å². The smallest absolute Gasteiger partial charge is 0.101 e. The summed E-state index contributed by atoms with van der Waals surface area (Å²) in [5, 5.41) is 2.09. The maximum Gasteiger partial charge on any atom is 0.101 e. The van der Waals surface area contributed by atoms with Crippen molar-refractivity contribution in [1.82, 2.24) is 4.98 Å². The van der Waals surface area contributed by atoms with Crippen LogP contribution < -0.4 is 0 Å². The molecule has 0 radical (unpaired) electrons. The molecule has 0 aliphatic carbocycles. The number of nitrogens with zero attached hydrogens (tertiary/aromatic N) is 1. The van der Waals surface area contributed by atoms with Gasteiger partial charge < -0.3 is 0 Å². The van der Waals surface area contributed by atoms with Crippen molar-refractivity contribution in [2.45, 2.75) is 16.8 Å². The fraction of sp³-hybridized carbons (Fsp3) is 0.0833. The SMILES string of the molecule is Cc1ccc(Sc2ccc(Cl)c(Cl)c2)nc1. The molecular weight excluding hydrogens is 261 g/mol. The summed E-state index contributed by atoms with van der Waals surface area (Å²) in [6.07, 6.45) is 1.85. The average molecular weight is 270 g/mol. The molecule has 1 aromatic heterocycles. The van der Waals surface area contributed by atoms with Crippen molar-refractivity contribution >= 4 is 35.0 Å². The number of hydrogen-bond acceptors (Lipinski definition) is 2. The zero-order valence-electron chi connectivity index (χ0n) is 8.58. The Balaban J connectivity index is 2.20. The minimum absolute atomic E-state index is 0.568. The highest BCUT2D eigenvalue weighted by Crippen LogP contribution is 2.31. The van der Waals surface area contributed by atoms with E-state index in [4.69, 9.17) is 23.2 Å². The average Bonchev–Trinajstić information content (AvgIpc) is 2.27. The van der Waals surface area contributed by atoms with Crippen LogP contribution >= 0.6 is 35.0 Å². The van der Waals surface area contributed by atoms with E-state index in [1.54, 1.807) is 17.8 Å². The van der Waals surface area contributed by atoms with Crippen LogP contribution in [0.3, 0.4) is 0 Å². The zero-order chi connectivity index (χ0) is 11.5. The molecule has 0 unspecified atom stereocenters. The molecule has 0 aliphatic rings. The second-order valence-corrected chi connectivity index (χ2v) is 5.26. The highest BCUT2D eigenvalue weighted by Gasteiger charge is 2.02. The van der Waals surface area contributed by atoms with Gasteiger partial charge in [0.25, 0.3) is 0 Å². The lowest BCUT2D eigenvalue weighted by Crippen LogP contribution is -1.81. The summed E-state index contributed by atoms with van der Waals surface area (Å²) in [5.41, 5.74) is 1.15. The van der Waals surface area contributed by atoms with Gasteiger partial charge in [-0.15, -0.1) is 0 Å². The first-order valence-electron chi connectivity index (χ1n) is 4.71. The number of halogens is 2. The van der Waals surface area contributed by atoms with Crippen LogP contribution in [0.25, 0.3) is 0 Å². The van der Waals surface area contributed by atoms with Crippen LogP contribution in [0.1, 0.15) is 5.56 Å². The van der Waals surface area contributed by atoms with Crippen LogP contribution in [-0.2, 0) is 0 Å². The van der Waals surface area contributed by atoms with E-state index in [0.717, 1.165) is 15.5 Å². The van der Waals surface area contributed by atoms with Gasteiger partial charge in [0, 0.05) is 11.1 Å². The predicted octanol–water partition coefficient (Wildman–Crippen LogP) is 4.85. The van der Waals surface area contributed by atoms with E-state index in [-0.39, 0.29) is 0 Å². The molecule has 0 atom stereocenters. The van der Waals surface area contributed by atoms with Crippen molar-refractivity contribution in [2.75, 3.05) is 0 Å². The number of rotatable bonds is 2. The van der Waals surface area contributed by atoms with Crippen LogP contribution in [0.4, 0.5) is 0 Å². The molecule has 0 bridgehead atoms. The number of pyridine rings is 1. The summed E-state index contributed by atoms with van der Waals surface area (Å²) < 4.78 is 0. The predicted molar refractivity (Wildman–Crippen MR) is 69.6 cm³/mol. The molecule has 4 heteroatoms. The summed E-state index contributed by atoms with van der Waals surface area (Å²) in [7, 11) is 0. The Morgan fingerprint density at radius 1 is 1.06 bits per heavy atom. The van der Waals surface area contributed by atoms with Gasteiger partial charge in [-0.1, -0.05) is 41.0 Å². The molecule has 0 saturated carbocycles. The van der Waals surface area contributed by atoms with Gasteiger partial charge in [0.15, 0.2) is 0 Å². The van der Waals surface area contributed by atoms with Crippen molar-refractivity contribution < 1.29 is 0 Å². The molecule has 0 aliphatic heterocycles. The molecule has 2 aromatic rings. The molecular formula is C12H9Cl2NS. The first-order valence-corrected chi connectivity index (χ1v) is 6.28. The van der Waals surface area contributed by atoms with Crippen molar-refractivity contribution in [3.05, 3.63) is 52.1 Å². The summed E-state index contributed by atoms with van der Waals surface area (Å²) in [6.45, 7) is 2.01. The number of hydrogen-bond donors (Lipinski definition) is 0. The van der Waals surface area contributed by atoms with Crippen LogP contribution in [-0.4, -0.2) is 4.98 Å². The number of aryl methyl sites for hydroxylation is 1. The van der Waals surface area contributed by atoms with E-state index < -0.39 is 0 Å². The molecule has 82 valence electrons. The molecule has 2 rings (SSSR count). The molecule has 1 heterocycles. The number of benzene rings is 1. The van der Waals surface area contributed by atoms with Gasteiger partial charge in [0.2, 0.25) is 0 Å². The van der Waals surface area contributed by atoms with E-state index in [1.165, 1.54) is 0 Å². The first kappa shape index (κ1) is 11.8. The Kier molecular flexibility index (Phi) is 3.74. The van der Waals surface area contributed by atoms with Gasteiger partial charge in [0.05, 0.1) is 10.0 Å². The topological polar surface area (TPSA) is 12.9 Å². The molecule has 0 spiro atoms. The van der Waals surface area contributed by atoms with E-state index in [0.29, 0.717) is 10.0 Å². The van der Waals surface area contributed by atoms with E-state index in [1.807, 2.05) is 37.4 Å². The third kappa shape index (κ3) is 2.91. The van der Waals surface area contributed by atoms with E-state index >= 15 is 0 Å². The van der Waals surface area contributed by atoms with Crippen molar-refractivity contribution in [3.63, 3.8) is 0 Å². The second kappa shape index (κ2) is 5.09. The van der Waals surface area contributed by atoms with Gasteiger partial charge in [-0.25, -0.2) is 4.98 Å². The van der Waals surface area contributed by atoms with Crippen LogP contribution in [0, 0.1) is 6.92 Å². The lowest BCUT2D eigenvalue weighted by molar-refractivity contribution is 1.11. The van der Waals surface area contributed by atoms with Gasteiger partial charge >= 0.3 is 0 Å². The third-order valence-electron chi connectivity index (χ3n) is 2.00.